The number of hydrogen-bond acceptors (Lipinski definition) is 4. The minimum absolute atomic E-state index is 0.857. The molecule has 0 atom stereocenters. The zero-order valence-corrected chi connectivity index (χ0v) is 15.5. The minimum atomic E-state index is 0.857. The smallest absolute Gasteiger partial charge is 0.136 e. The van der Waals surface area contributed by atoms with E-state index in [1.807, 2.05) is 30.5 Å². The van der Waals surface area contributed by atoms with E-state index in [9.17, 15) is 0 Å². The van der Waals surface area contributed by atoms with Gasteiger partial charge in [0, 0.05) is 29.5 Å². The van der Waals surface area contributed by atoms with Gasteiger partial charge in [-0.25, -0.2) is 4.98 Å². The average Bonchev–Trinajstić information content (AvgIpc) is 3.23. The number of methoxy groups -OCH3 is 1. The van der Waals surface area contributed by atoms with Crippen LogP contribution in [0.15, 0.2) is 48.7 Å². The third-order valence-corrected chi connectivity index (χ3v) is 5.11. The van der Waals surface area contributed by atoms with E-state index in [0.29, 0.717) is 0 Å². The summed E-state index contributed by atoms with van der Waals surface area (Å²) in [5, 5.41) is 5.97. The number of nitrogens with zero attached hydrogens (tertiary/aromatic N) is 2. The Morgan fingerprint density at radius 1 is 1.04 bits per heavy atom. The molecule has 0 spiro atoms. The van der Waals surface area contributed by atoms with E-state index in [4.69, 9.17) is 9.72 Å². The van der Waals surface area contributed by atoms with Crippen LogP contribution in [0.4, 0.5) is 17.2 Å². The molecule has 1 saturated heterocycles. The van der Waals surface area contributed by atoms with Gasteiger partial charge in [-0.2, -0.15) is 0 Å². The van der Waals surface area contributed by atoms with Crippen molar-refractivity contribution >= 4 is 28.0 Å². The lowest BCUT2D eigenvalue weighted by Gasteiger charge is -2.20. The summed E-state index contributed by atoms with van der Waals surface area (Å²) < 4.78 is 5.24. The van der Waals surface area contributed by atoms with Crippen LogP contribution in [0.3, 0.4) is 0 Å². The molecular weight excluding hydrogens is 322 g/mol. The fourth-order valence-corrected chi connectivity index (χ4v) is 3.61. The normalized spacial score (nSPS) is 14.0. The molecule has 0 amide bonds. The summed E-state index contributed by atoms with van der Waals surface area (Å²) in [7, 11) is 1.68. The maximum atomic E-state index is 5.24. The topological polar surface area (TPSA) is 37.4 Å². The first kappa shape index (κ1) is 16.7. The van der Waals surface area contributed by atoms with Crippen molar-refractivity contribution < 1.29 is 4.74 Å². The van der Waals surface area contributed by atoms with E-state index >= 15 is 0 Å². The molecule has 1 aliphatic heterocycles. The second-order valence-electron chi connectivity index (χ2n) is 6.78. The van der Waals surface area contributed by atoms with Gasteiger partial charge in [-0.1, -0.05) is 19.1 Å². The lowest BCUT2D eigenvalue weighted by Crippen LogP contribution is -2.19. The number of hydrogen-bond donors (Lipinski definition) is 1. The van der Waals surface area contributed by atoms with Gasteiger partial charge in [-0.05, 0) is 55.2 Å². The second-order valence-corrected chi connectivity index (χ2v) is 6.78. The van der Waals surface area contributed by atoms with Gasteiger partial charge in [0.05, 0.1) is 19.0 Å². The Balaban J connectivity index is 1.76. The molecule has 4 heteroatoms. The highest BCUT2D eigenvalue weighted by Gasteiger charge is 2.18. The molecule has 2 heterocycles. The summed E-state index contributed by atoms with van der Waals surface area (Å²) in [6.07, 6.45) is 5.50. The highest BCUT2D eigenvalue weighted by Crippen LogP contribution is 2.34. The maximum Gasteiger partial charge on any atom is 0.136 e. The van der Waals surface area contributed by atoms with Crippen LogP contribution in [0.1, 0.15) is 25.3 Å². The van der Waals surface area contributed by atoms with Crippen LogP contribution in [0.5, 0.6) is 5.75 Å². The van der Waals surface area contributed by atoms with Gasteiger partial charge in [-0.3, -0.25) is 0 Å². The summed E-state index contributed by atoms with van der Waals surface area (Å²) in [6, 6.07) is 14.7. The minimum Gasteiger partial charge on any atom is -0.497 e. The average molecular weight is 347 g/mol. The van der Waals surface area contributed by atoms with Crippen molar-refractivity contribution in [2.45, 2.75) is 26.2 Å². The Bertz CT molecular complexity index is 899. The third-order valence-electron chi connectivity index (χ3n) is 5.11. The summed E-state index contributed by atoms with van der Waals surface area (Å²) in [5.74, 6) is 1.98. The number of rotatable bonds is 5. The molecule has 0 saturated carbocycles. The van der Waals surface area contributed by atoms with Crippen LogP contribution in [0.2, 0.25) is 0 Å². The molecule has 0 bridgehead atoms. The van der Waals surface area contributed by atoms with Crippen molar-refractivity contribution in [3.63, 3.8) is 0 Å². The van der Waals surface area contributed by atoms with Crippen molar-refractivity contribution in [1.29, 1.82) is 0 Å². The monoisotopic (exact) mass is 347 g/mol. The quantitative estimate of drug-likeness (QED) is 0.692. The van der Waals surface area contributed by atoms with Crippen LogP contribution < -0.4 is 15.0 Å². The van der Waals surface area contributed by atoms with Gasteiger partial charge in [0.25, 0.3) is 0 Å². The highest BCUT2D eigenvalue weighted by molar-refractivity contribution is 6.01. The Morgan fingerprint density at radius 3 is 2.50 bits per heavy atom. The fraction of sp³-hybridized carbons (Fsp3) is 0.318. The third kappa shape index (κ3) is 3.19. The van der Waals surface area contributed by atoms with Crippen molar-refractivity contribution in [3.8, 4) is 5.75 Å². The first-order chi connectivity index (χ1) is 12.8. The summed E-state index contributed by atoms with van der Waals surface area (Å²) in [5.41, 5.74) is 3.42. The van der Waals surface area contributed by atoms with Crippen LogP contribution in [-0.4, -0.2) is 25.2 Å². The first-order valence-electron chi connectivity index (χ1n) is 9.36. The Kier molecular flexibility index (Phi) is 4.65. The number of anilines is 3. The van der Waals surface area contributed by atoms with E-state index in [1.54, 1.807) is 7.11 Å². The highest BCUT2D eigenvalue weighted by atomic mass is 16.5. The molecule has 3 aromatic rings. The van der Waals surface area contributed by atoms with Gasteiger partial charge in [-0.15, -0.1) is 0 Å². The lowest BCUT2D eigenvalue weighted by molar-refractivity contribution is 0.415. The molecule has 0 radical (unpaired) electrons. The summed E-state index contributed by atoms with van der Waals surface area (Å²) in [6.45, 7) is 4.40. The van der Waals surface area contributed by atoms with Gasteiger partial charge in [0.2, 0.25) is 0 Å². The molecule has 4 nitrogen and oxygen atoms in total. The standard InChI is InChI=1S/C22H25N3O/c1-3-16-6-11-19-20(14-16)22(25-12-4-5-13-25)23-15-21(19)24-17-7-9-18(26-2)10-8-17/h6-11,14-15,24H,3-5,12-13H2,1-2H3. The fourth-order valence-electron chi connectivity index (χ4n) is 3.61. The molecule has 26 heavy (non-hydrogen) atoms. The molecular formula is C22H25N3O. The van der Waals surface area contributed by atoms with Crippen LogP contribution in [0.25, 0.3) is 10.8 Å². The lowest BCUT2D eigenvalue weighted by atomic mass is 10.0. The first-order valence-corrected chi connectivity index (χ1v) is 9.36. The van der Waals surface area contributed by atoms with Gasteiger partial charge in [0.15, 0.2) is 0 Å². The SMILES string of the molecule is CCc1ccc2c(Nc3ccc(OC)cc3)cnc(N3CCCC3)c2c1. The van der Waals surface area contributed by atoms with Crippen molar-refractivity contribution in [2.75, 3.05) is 30.4 Å². The number of aromatic nitrogens is 1. The predicted molar refractivity (Wildman–Crippen MR) is 109 cm³/mol. The molecule has 0 aliphatic carbocycles. The number of benzene rings is 2. The van der Waals surface area contributed by atoms with Crippen LogP contribution in [-0.2, 0) is 6.42 Å². The van der Waals surface area contributed by atoms with E-state index in [1.165, 1.54) is 29.2 Å². The molecule has 1 aromatic heterocycles. The van der Waals surface area contributed by atoms with Crippen molar-refractivity contribution in [2.24, 2.45) is 0 Å². The Hall–Kier alpha value is -2.75. The molecule has 1 aliphatic rings. The Morgan fingerprint density at radius 2 is 1.81 bits per heavy atom. The molecule has 0 unspecified atom stereocenters. The number of pyridine rings is 1. The van der Waals surface area contributed by atoms with E-state index in [0.717, 1.165) is 42.5 Å². The van der Waals surface area contributed by atoms with Crippen LogP contribution >= 0.6 is 0 Å². The summed E-state index contributed by atoms with van der Waals surface area (Å²) in [4.78, 5) is 7.25. The Labute approximate surface area is 154 Å². The van der Waals surface area contributed by atoms with Crippen molar-refractivity contribution in [3.05, 3.63) is 54.2 Å². The van der Waals surface area contributed by atoms with E-state index < -0.39 is 0 Å². The number of aryl methyl sites for hydroxylation is 1. The zero-order valence-electron chi connectivity index (χ0n) is 15.5. The second kappa shape index (κ2) is 7.24. The van der Waals surface area contributed by atoms with Gasteiger partial charge in [0.1, 0.15) is 11.6 Å². The molecule has 134 valence electrons. The predicted octanol–water partition coefficient (Wildman–Crippen LogP) is 5.15. The number of fused-ring (bicyclic) bond motifs is 1. The molecule has 1 fully saturated rings. The van der Waals surface area contributed by atoms with E-state index in [-0.39, 0.29) is 0 Å². The van der Waals surface area contributed by atoms with Crippen molar-refractivity contribution in [1.82, 2.24) is 4.98 Å². The van der Waals surface area contributed by atoms with Crippen LogP contribution in [0, 0.1) is 0 Å². The maximum absolute atomic E-state index is 5.24. The largest absolute Gasteiger partial charge is 0.497 e. The molecule has 1 N–H and O–H groups in total. The van der Waals surface area contributed by atoms with E-state index in [2.05, 4.69) is 35.3 Å². The number of ether oxygens (including phenoxy) is 1. The molecule has 2 aromatic carbocycles. The summed E-state index contributed by atoms with van der Waals surface area (Å²) >= 11 is 0. The zero-order chi connectivity index (χ0) is 17.9. The van der Waals surface area contributed by atoms with Gasteiger partial charge >= 0.3 is 0 Å². The number of nitrogens with one attached hydrogen (secondary N) is 1. The molecule has 4 rings (SSSR count). The van der Waals surface area contributed by atoms with Gasteiger partial charge < -0.3 is 15.0 Å².